The molecule has 0 spiro atoms. The van der Waals surface area contributed by atoms with Gasteiger partial charge in [-0.05, 0) is 18.2 Å². The lowest BCUT2D eigenvalue weighted by molar-refractivity contribution is 0.270. The molecule has 0 saturated carbocycles. The predicted octanol–water partition coefficient (Wildman–Crippen LogP) is 0.986. The minimum absolute atomic E-state index is 0.150. The molecule has 0 unspecified atom stereocenters. The van der Waals surface area contributed by atoms with Crippen LogP contribution in [-0.2, 0) is 6.54 Å². The summed E-state index contributed by atoms with van der Waals surface area (Å²) >= 11 is 0. The first-order chi connectivity index (χ1) is 9.71. The molecule has 0 aliphatic heterocycles. The number of nitriles is 2. The van der Waals surface area contributed by atoms with Gasteiger partial charge in [0.05, 0.1) is 25.0 Å². The highest BCUT2D eigenvalue weighted by Gasteiger charge is 2.15. The van der Waals surface area contributed by atoms with Gasteiger partial charge in [-0.25, -0.2) is 4.68 Å². The van der Waals surface area contributed by atoms with E-state index in [1.54, 1.807) is 12.1 Å². The topological polar surface area (TPSA) is 125 Å². The molecule has 0 amide bonds. The first-order valence-corrected chi connectivity index (χ1v) is 5.74. The molecule has 0 aliphatic carbocycles. The van der Waals surface area contributed by atoms with Crippen LogP contribution in [0, 0.1) is 22.7 Å². The SMILES string of the molecule is N#CC(=Cc1nn(CCO)c(N)c1C#N)c1ccco1. The summed E-state index contributed by atoms with van der Waals surface area (Å²) in [6.45, 7) is 0.0280. The Morgan fingerprint density at radius 3 is 2.90 bits per heavy atom. The first-order valence-electron chi connectivity index (χ1n) is 5.74. The Morgan fingerprint density at radius 2 is 2.35 bits per heavy atom. The molecule has 0 saturated heterocycles. The van der Waals surface area contributed by atoms with Crippen LogP contribution in [-0.4, -0.2) is 21.5 Å². The number of aliphatic hydroxyl groups is 1. The molecule has 20 heavy (non-hydrogen) atoms. The molecule has 7 nitrogen and oxygen atoms in total. The van der Waals surface area contributed by atoms with Crippen LogP contribution in [0.4, 0.5) is 5.82 Å². The molecule has 2 heterocycles. The van der Waals surface area contributed by atoms with Crippen LogP contribution in [0.15, 0.2) is 22.8 Å². The van der Waals surface area contributed by atoms with Gasteiger partial charge >= 0.3 is 0 Å². The Kier molecular flexibility index (Phi) is 3.85. The van der Waals surface area contributed by atoms with Crippen molar-refractivity contribution < 1.29 is 9.52 Å². The fourth-order valence-electron chi connectivity index (χ4n) is 1.70. The number of rotatable bonds is 4. The second kappa shape index (κ2) is 5.74. The molecule has 0 bridgehead atoms. The summed E-state index contributed by atoms with van der Waals surface area (Å²) < 4.78 is 6.46. The lowest BCUT2D eigenvalue weighted by Gasteiger charge is -1.98. The molecule has 2 rings (SSSR count). The third-order valence-electron chi connectivity index (χ3n) is 2.63. The third-order valence-corrected chi connectivity index (χ3v) is 2.63. The Hall–Kier alpha value is -3.03. The summed E-state index contributed by atoms with van der Waals surface area (Å²) in [4.78, 5) is 0. The van der Waals surface area contributed by atoms with Crippen molar-refractivity contribution in [1.29, 1.82) is 10.5 Å². The van der Waals surface area contributed by atoms with Gasteiger partial charge in [0.25, 0.3) is 0 Å². The standard InChI is InChI=1S/C13H11N5O2/c14-7-9(12-2-1-5-20-12)6-11-10(8-15)13(16)18(17-11)3-4-19/h1-2,5-6,19H,3-4,16H2. The van der Waals surface area contributed by atoms with Gasteiger partial charge in [-0.2, -0.15) is 15.6 Å². The summed E-state index contributed by atoms with van der Waals surface area (Å²) in [6, 6.07) is 7.22. The lowest BCUT2D eigenvalue weighted by Crippen LogP contribution is -2.07. The zero-order valence-corrected chi connectivity index (χ0v) is 10.4. The molecule has 0 atom stereocenters. The van der Waals surface area contributed by atoms with Crippen LogP contribution >= 0.6 is 0 Å². The van der Waals surface area contributed by atoms with E-state index in [1.165, 1.54) is 17.0 Å². The molecular weight excluding hydrogens is 258 g/mol. The maximum absolute atomic E-state index is 9.14. The highest BCUT2D eigenvalue weighted by atomic mass is 16.3. The number of hydrogen-bond donors (Lipinski definition) is 2. The fraction of sp³-hybridized carbons (Fsp3) is 0.154. The van der Waals surface area contributed by atoms with Gasteiger partial charge in [0.1, 0.15) is 35.0 Å². The van der Waals surface area contributed by atoms with Gasteiger partial charge in [-0.1, -0.05) is 0 Å². The Balaban J connectivity index is 2.50. The summed E-state index contributed by atoms with van der Waals surface area (Å²) in [5.74, 6) is 0.538. The van der Waals surface area contributed by atoms with Crippen LogP contribution in [0.3, 0.4) is 0 Å². The van der Waals surface area contributed by atoms with Crippen molar-refractivity contribution in [1.82, 2.24) is 9.78 Å². The molecule has 0 radical (unpaired) electrons. The molecular formula is C13H11N5O2. The monoisotopic (exact) mass is 269 g/mol. The summed E-state index contributed by atoms with van der Waals surface area (Å²) in [7, 11) is 0. The zero-order valence-electron chi connectivity index (χ0n) is 10.4. The Bertz CT molecular complexity index is 713. The average molecular weight is 269 g/mol. The van der Waals surface area contributed by atoms with Crippen molar-refractivity contribution in [3.8, 4) is 12.1 Å². The highest BCUT2D eigenvalue weighted by Crippen LogP contribution is 2.22. The van der Waals surface area contributed by atoms with E-state index in [0.717, 1.165) is 0 Å². The van der Waals surface area contributed by atoms with E-state index < -0.39 is 0 Å². The number of allylic oxidation sites excluding steroid dienone is 1. The second-order valence-electron chi connectivity index (χ2n) is 3.85. The maximum Gasteiger partial charge on any atom is 0.144 e. The van der Waals surface area contributed by atoms with E-state index in [-0.39, 0.29) is 35.8 Å². The second-order valence-corrected chi connectivity index (χ2v) is 3.85. The fourth-order valence-corrected chi connectivity index (χ4v) is 1.70. The molecule has 0 fully saturated rings. The van der Waals surface area contributed by atoms with Crippen LogP contribution in [0.2, 0.25) is 0 Å². The molecule has 0 aromatic carbocycles. The Morgan fingerprint density at radius 1 is 1.55 bits per heavy atom. The largest absolute Gasteiger partial charge is 0.464 e. The number of aromatic nitrogens is 2. The van der Waals surface area contributed by atoms with Gasteiger partial charge in [-0.3, -0.25) is 0 Å². The van der Waals surface area contributed by atoms with Gasteiger partial charge in [0, 0.05) is 0 Å². The van der Waals surface area contributed by atoms with Crippen molar-refractivity contribution in [2.75, 3.05) is 12.3 Å². The number of nitrogen functional groups attached to an aromatic ring is 1. The van der Waals surface area contributed by atoms with E-state index >= 15 is 0 Å². The normalized spacial score (nSPS) is 11.1. The Labute approximate surface area is 114 Å². The van der Waals surface area contributed by atoms with Crippen molar-refractivity contribution in [2.45, 2.75) is 6.54 Å². The van der Waals surface area contributed by atoms with Gasteiger partial charge in [0.2, 0.25) is 0 Å². The number of anilines is 1. The maximum atomic E-state index is 9.14. The first kappa shape index (κ1) is 13.4. The van der Waals surface area contributed by atoms with Gasteiger partial charge in [0.15, 0.2) is 0 Å². The van der Waals surface area contributed by atoms with E-state index in [9.17, 15) is 0 Å². The number of nitrogens with zero attached hydrogens (tertiary/aromatic N) is 4. The molecule has 7 heteroatoms. The minimum atomic E-state index is -0.150. The predicted molar refractivity (Wildman–Crippen MR) is 70.6 cm³/mol. The number of aliphatic hydroxyl groups excluding tert-OH is 1. The molecule has 2 aromatic rings. The lowest BCUT2D eigenvalue weighted by atomic mass is 10.1. The highest BCUT2D eigenvalue weighted by molar-refractivity contribution is 5.88. The van der Waals surface area contributed by atoms with E-state index in [0.29, 0.717) is 5.76 Å². The number of furan rings is 1. The summed E-state index contributed by atoms with van der Waals surface area (Å²) in [5.41, 5.74) is 6.44. The van der Waals surface area contributed by atoms with Crippen LogP contribution in [0.25, 0.3) is 11.6 Å². The van der Waals surface area contributed by atoms with Crippen molar-refractivity contribution in [3.05, 3.63) is 35.4 Å². The van der Waals surface area contributed by atoms with Crippen LogP contribution in [0.1, 0.15) is 17.0 Å². The van der Waals surface area contributed by atoms with Crippen molar-refractivity contribution in [3.63, 3.8) is 0 Å². The van der Waals surface area contributed by atoms with Gasteiger partial charge < -0.3 is 15.3 Å². The van der Waals surface area contributed by atoms with Crippen molar-refractivity contribution >= 4 is 17.5 Å². The summed E-state index contributed by atoms with van der Waals surface area (Å²) in [5, 5.41) is 31.3. The van der Waals surface area contributed by atoms with E-state index in [1.807, 2.05) is 12.1 Å². The summed E-state index contributed by atoms with van der Waals surface area (Å²) in [6.07, 6.45) is 2.88. The van der Waals surface area contributed by atoms with E-state index in [2.05, 4.69) is 5.10 Å². The molecule has 3 N–H and O–H groups in total. The minimum Gasteiger partial charge on any atom is -0.464 e. The zero-order chi connectivity index (χ0) is 14.5. The molecule has 2 aromatic heterocycles. The number of nitrogens with two attached hydrogens (primary N) is 1. The third kappa shape index (κ3) is 2.39. The van der Waals surface area contributed by atoms with Crippen LogP contribution < -0.4 is 5.73 Å². The van der Waals surface area contributed by atoms with Crippen LogP contribution in [0.5, 0.6) is 0 Å². The van der Waals surface area contributed by atoms with E-state index in [4.69, 9.17) is 25.8 Å². The molecule has 0 aliphatic rings. The molecule has 100 valence electrons. The number of hydrogen-bond acceptors (Lipinski definition) is 6. The van der Waals surface area contributed by atoms with Gasteiger partial charge in [-0.15, -0.1) is 0 Å². The quantitative estimate of drug-likeness (QED) is 0.797. The average Bonchev–Trinajstić information content (AvgIpc) is 3.06. The smallest absolute Gasteiger partial charge is 0.144 e. The van der Waals surface area contributed by atoms with Crippen molar-refractivity contribution in [2.24, 2.45) is 0 Å².